The molecule has 0 saturated carbocycles. The lowest BCUT2D eigenvalue weighted by molar-refractivity contribution is -0.571. The van der Waals surface area contributed by atoms with Gasteiger partial charge in [0.25, 0.3) is 6.33 Å². The minimum atomic E-state index is -0.0897. The molecule has 0 N–H and O–H groups in total. The van der Waals surface area contributed by atoms with E-state index in [2.05, 4.69) is 255 Å². The van der Waals surface area contributed by atoms with E-state index >= 15 is 0 Å². The Morgan fingerprint density at radius 3 is 2.03 bits per heavy atom. The molecule has 0 fully saturated rings. The molecule has 0 aliphatic carbocycles. The van der Waals surface area contributed by atoms with Crippen LogP contribution < -0.4 is 4.57 Å². The molecular weight excluding hydrogens is 921 g/mol. The molecule has 0 unspecified atom stereocenters. The average molecular weight is 967 g/mol. The van der Waals surface area contributed by atoms with Crippen molar-refractivity contribution in [1.82, 2.24) is 32.6 Å². The zero-order chi connectivity index (χ0) is 49.8. The second kappa shape index (κ2) is 15.2. The molecule has 0 radical (unpaired) electrons. The smallest absolute Gasteiger partial charge is 0.269 e. The van der Waals surface area contributed by atoms with Crippen LogP contribution in [-0.2, 0) is 5.41 Å². The van der Waals surface area contributed by atoms with Gasteiger partial charge in [-0.05, 0) is 102 Å². The van der Waals surface area contributed by atoms with Crippen molar-refractivity contribution in [2.75, 3.05) is 0 Å². The number of benzene rings is 9. The summed E-state index contributed by atoms with van der Waals surface area (Å²) in [6.07, 6.45) is 5.88. The molecule has 7 heterocycles. The Morgan fingerprint density at radius 2 is 1.20 bits per heavy atom. The van der Waals surface area contributed by atoms with E-state index in [4.69, 9.17) is 14.4 Å². The quantitative estimate of drug-likeness (QED) is 0.127. The normalized spacial score (nSPS) is 12.5. The van der Waals surface area contributed by atoms with Crippen molar-refractivity contribution in [2.45, 2.75) is 33.1 Å². The minimum Gasteiger partial charge on any atom is -0.454 e. The third kappa shape index (κ3) is 5.86. The van der Waals surface area contributed by atoms with Gasteiger partial charge in [-0.1, -0.05) is 142 Å². The summed E-state index contributed by atoms with van der Waals surface area (Å²) in [7, 11) is 0. The molecule has 16 aromatic rings. The molecule has 0 bridgehead atoms. The van der Waals surface area contributed by atoms with Crippen LogP contribution in [0.5, 0.6) is 0 Å². The van der Waals surface area contributed by atoms with Gasteiger partial charge in [0.1, 0.15) is 11.4 Å². The topological polar surface area (TPSA) is 66.9 Å². The van der Waals surface area contributed by atoms with E-state index in [0.29, 0.717) is 0 Å². The number of para-hydroxylation sites is 8. The number of hydrogen-bond acceptors (Lipinski definition) is 3. The number of fused-ring (bicyclic) bond motifs is 15. The molecular formula is C66H46N8O. The monoisotopic (exact) mass is 966 g/mol. The fourth-order valence-corrected chi connectivity index (χ4v) is 12.1. The molecule has 0 amide bonds. The van der Waals surface area contributed by atoms with E-state index in [0.717, 1.165) is 128 Å². The number of pyridine rings is 1. The molecule has 0 aliphatic heterocycles. The van der Waals surface area contributed by atoms with Gasteiger partial charge < -0.3 is 13.6 Å². The van der Waals surface area contributed by atoms with E-state index < -0.39 is 0 Å². The zero-order valence-corrected chi connectivity index (χ0v) is 41.6. The van der Waals surface area contributed by atoms with E-state index in [1.807, 2.05) is 12.3 Å². The first-order valence-electron chi connectivity index (χ1n) is 25.6. The standard InChI is InChI=1S/C66H46N8O/c1-40-18-16-29-54-62(40)68-65-73(54)57-37-48-45-22-9-12-26-51(45)72(56(48)38-58(57)74(65)61-34-41(32-33-67-61)66(2,3)4)59-36-43(35-49-46-23-10-15-31-60(46)75-64(49)59)69-39-70(53-28-14-13-27-52(53)69)55-30-17-24-47-44-21-8-11-25-50(44)71(63(47)55)42-19-6-5-7-20-42/h5-38H,1-4H3. The third-order valence-electron chi connectivity index (χ3n) is 15.6. The molecule has 16 rings (SSSR count). The van der Waals surface area contributed by atoms with E-state index in [1.54, 1.807) is 0 Å². The van der Waals surface area contributed by atoms with Crippen LogP contribution in [-0.4, -0.2) is 32.6 Å². The summed E-state index contributed by atoms with van der Waals surface area (Å²) in [4.78, 5) is 10.5. The number of nitrogens with zero attached hydrogens (tertiary/aromatic N) is 8. The van der Waals surface area contributed by atoms with Crippen LogP contribution in [0.1, 0.15) is 31.9 Å². The van der Waals surface area contributed by atoms with Crippen molar-refractivity contribution >= 4 is 104 Å². The summed E-state index contributed by atoms with van der Waals surface area (Å²) < 4.78 is 20.8. The number of aromatic nitrogens is 8. The van der Waals surface area contributed by atoms with Crippen molar-refractivity contribution in [2.24, 2.45) is 0 Å². The summed E-state index contributed by atoms with van der Waals surface area (Å²) in [6, 6.07) is 71.8. The summed E-state index contributed by atoms with van der Waals surface area (Å²) >= 11 is 0. The number of imidazole rings is 3. The van der Waals surface area contributed by atoms with Gasteiger partial charge in [-0.25, -0.2) is 9.97 Å². The molecule has 9 aromatic carbocycles. The second-order valence-corrected chi connectivity index (χ2v) is 20.9. The van der Waals surface area contributed by atoms with Crippen LogP contribution in [0.25, 0.3) is 133 Å². The van der Waals surface area contributed by atoms with Crippen LogP contribution in [0.15, 0.2) is 211 Å². The van der Waals surface area contributed by atoms with Crippen molar-refractivity contribution < 1.29 is 8.98 Å². The first-order valence-corrected chi connectivity index (χ1v) is 25.6. The summed E-state index contributed by atoms with van der Waals surface area (Å²) in [6.45, 7) is 8.88. The Labute approximate surface area is 429 Å². The highest BCUT2D eigenvalue weighted by Crippen LogP contribution is 2.43. The van der Waals surface area contributed by atoms with Crippen LogP contribution in [0, 0.1) is 13.3 Å². The molecule has 0 atom stereocenters. The van der Waals surface area contributed by atoms with Gasteiger partial charge >= 0.3 is 0 Å². The van der Waals surface area contributed by atoms with Gasteiger partial charge in [-0.15, -0.1) is 0 Å². The summed E-state index contributed by atoms with van der Waals surface area (Å²) in [5, 5.41) is 6.70. The lowest BCUT2D eigenvalue weighted by Crippen LogP contribution is -2.30. The molecule has 356 valence electrons. The number of rotatable bonds is 5. The highest BCUT2D eigenvalue weighted by Gasteiger charge is 2.27. The number of hydrogen-bond donors (Lipinski definition) is 0. The Hall–Kier alpha value is -9.73. The van der Waals surface area contributed by atoms with Crippen molar-refractivity contribution in [3.63, 3.8) is 0 Å². The molecule has 9 heteroatoms. The second-order valence-electron chi connectivity index (χ2n) is 20.9. The number of furan rings is 1. The fraction of sp³-hybridized carbons (Fsp3) is 0.0758. The molecule has 0 spiro atoms. The van der Waals surface area contributed by atoms with Gasteiger partial charge in [0.15, 0.2) is 5.58 Å². The van der Waals surface area contributed by atoms with Crippen LogP contribution in [0.3, 0.4) is 0 Å². The Morgan fingerprint density at radius 1 is 0.507 bits per heavy atom. The molecule has 0 saturated heterocycles. The van der Waals surface area contributed by atoms with E-state index in [1.165, 1.54) is 16.3 Å². The predicted octanol–water partition coefficient (Wildman–Crippen LogP) is 15.5. The zero-order valence-electron chi connectivity index (χ0n) is 41.6. The third-order valence-corrected chi connectivity index (χ3v) is 15.6. The SMILES string of the molecule is Cc1cccc2c1nc1n(-c3cc(C(C)(C)C)ccn3)c3cc4c(cc3n21)c1ccccc1n4-c1cc(-n2[c-][n+](-c3cccc4c5ccccc5n(-c5ccccc5)c34)c3ccccc32)cc2c1oc1ccccc12. The fourth-order valence-electron chi connectivity index (χ4n) is 12.1. The first kappa shape index (κ1) is 41.8. The van der Waals surface area contributed by atoms with Crippen molar-refractivity contribution in [1.29, 1.82) is 0 Å². The first-order chi connectivity index (χ1) is 36.8. The average Bonchev–Trinajstić information content (AvgIpc) is 4.32. The maximum atomic E-state index is 7.03. The van der Waals surface area contributed by atoms with E-state index in [9.17, 15) is 0 Å². The summed E-state index contributed by atoms with van der Waals surface area (Å²) in [5.74, 6) is 1.64. The maximum Gasteiger partial charge on any atom is 0.269 e. The lowest BCUT2D eigenvalue weighted by Gasteiger charge is -2.19. The van der Waals surface area contributed by atoms with Crippen LogP contribution in [0.2, 0.25) is 0 Å². The Kier molecular flexibility index (Phi) is 8.46. The van der Waals surface area contributed by atoms with Gasteiger partial charge in [-0.3, -0.25) is 18.1 Å². The maximum absolute atomic E-state index is 7.03. The van der Waals surface area contributed by atoms with Crippen molar-refractivity contribution in [3.05, 3.63) is 224 Å². The van der Waals surface area contributed by atoms with Crippen LogP contribution in [0.4, 0.5) is 0 Å². The van der Waals surface area contributed by atoms with Gasteiger partial charge in [-0.2, -0.15) is 0 Å². The van der Waals surface area contributed by atoms with Gasteiger partial charge in [0.05, 0.1) is 72.2 Å². The Balaban J connectivity index is 1.00. The Bertz CT molecular complexity index is 5070. The number of aryl methyl sites for hydroxylation is 1. The molecule has 7 aromatic heterocycles. The van der Waals surface area contributed by atoms with Gasteiger partial charge in [0.2, 0.25) is 5.78 Å². The van der Waals surface area contributed by atoms with E-state index in [-0.39, 0.29) is 5.41 Å². The molecule has 9 nitrogen and oxygen atoms in total. The minimum absolute atomic E-state index is 0.0897. The lowest BCUT2D eigenvalue weighted by atomic mass is 9.88. The van der Waals surface area contributed by atoms with Crippen LogP contribution >= 0.6 is 0 Å². The highest BCUT2D eigenvalue weighted by molar-refractivity contribution is 6.16. The predicted molar refractivity (Wildman–Crippen MR) is 304 cm³/mol. The molecule has 0 aliphatic rings. The highest BCUT2D eigenvalue weighted by atomic mass is 16.3. The largest absolute Gasteiger partial charge is 0.454 e. The van der Waals surface area contributed by atoms with Gasteiger partial charge in [0, 0.05) is 44.2 Å². The van der Waals surface area contributed by atoms with Crippen molar-refractivity contribution in [3.8, 4) is 28.6 Å². The molecule has 75 heavy (non-hydrogen) atoms. The summed E-state index contributed by atoms with van der Waals surface area (Å²) in [5.41, 5.74) is 18.4.